The second-order valence-electron chi connectivity index (χ2n) is 5.15. The minimum Gasteiger partial charge on any atom is -0.341 e. The molecule has 0 aliphatic rings. The van der Waals surface area contributed by atoms with Crippen molar-refractivity contribution >= 4 is 16.8 Å². The van der Waals surface area contributed by atoms with Gasteiger partial charge < -0.3 is 5.32 Å². The van der Waals surface area contributed by atoms with Crippen LogP contribution in [0.2, 0.25) is 0 Å². The van der Waals surface area contributed by atoms with Crippen LogP contribution in [0.3, 0.4) is 0 Å². The number of aromatic nitrogens is 5. The van der Waals surface area contributed by atoms with Crippen LogP contribution >= 0.6 is 0 Å². The van der Waals surface area contributed by atoms with E-state index < -0.39 is 0 Å². The molecule has 0 fully saturated rings. The molecule has 2 aromatic heterocycles. The molecule has 0 spiro atoms. The van der Waals surface area contributed by atoms with E-state index in [0.717, 1.165) is 29.7 Å². The molecule has 0 saturated carbocycles. The molecule has 0 radical (unpaired) electrons. The highest BCUT2D eigenvalue weighted by Gasteiger charge is 2.19. The topological polar surface area (TPSA) is 88.5 Å². The number of aromatic amines is 1. The smallest absolute Gasteiger partial charge is 0.273 e. The van der Waals surface area contributed by atoms with Crippen LogP contribution in [-0.2, 0) is 6.54 Å². The number of hydrogen-bond acceptors (Lipinski definition) is 4. The van der Waals surface area contributed by atoms with Crippen LogP contribution in [0.1, 0.15) is 42.6 Å². The summed E-state index contributed by atoms with van der Waals surface area (Å²) in [6.07, 6.45) is 2.47. The Hall–Kier alpha value is -2.70. The van der Waals surface area contributed by atoms with Crippen molar-refractivity contribution in [1.82, 2.24) is 30.3 Å². The molecule has 7 heteroatoms. The summed E-state index contributed by atoms with van der Waals surface area (Å²) in [5.74, 6) is 0.519. The van der Waals surface area contributed by atoms with Gasteiger partial charge in [-0.25, -0.2) is 9.67 Å². The summed E-state index contributed by atoms with van der Waals surface area (Å²) in [5.41, 5.74) is 1.23. The highest BCUT2D eigenvalue weighted by atomic mass is 16.2. The molecule has 3 aromatic rings. The highest BCUT2D eigenvalue weighted by molar-refractivity contribution is 6.04. The van der Waals surface area contributed by atoms with Gasteiger partial charge in [0.2, 0.25) is 0 Å². The fourth-order valence-electron chi connectivity index (χ4n) is 2.46. The van der Waals surface area contributed by atoms with E-state index in [1.165, 1.54) is 6.33 Å². The summed E-state index contributed by atoms with van der Waals surface area (Å²) in [4.78, 5) is 16.7. The van der Waals surface area contributed by atoms with Gasteiger partial charge in [0, 0.05) is 11.9 Å². The molecule has 0 aliphatic heterocycles. The average molecular weight is 298 g/mol. The standard InChI is InChI=1S/C15H18N6O/c1-3-8-21-14(16-9-17-21)10(2)18-15(22)13-11-6-4-5-7-12(11)19-20-13/h4-7,9-10H,3,8H2,1-2H3,(H,18,22)(H,19,20)/t10-/m1/s1. The quantitative estimate of drug-likeness (QED) is 0.754. The van der Waals surface area contributed by atoms with E-state index in [-0.39, 0.29) is 11.9 Å². The lowest BCUT2D eigenvalue weighted by atomic mass is 10.2. The Labute approximate surface area is 127 Å². The zero-order valence-electron chi connectivity index (χ0n) is 12.6. The van der Waals surface area contributed by atoms with Gasteiger partial charge in [0.05, 0.1) is 11.6 Å². The van der Waals surface area contributed by atoms with E-state index in [4.69, 9.17) is 0 Å². The van der Waals surface area contributed by atoms with Gasteiger partial charge in [0.15, 0.2) is 5.69 Å². The fraction of sp³-hybridized carbons (Fsp3) is 0.333. The molecule has 1 aromatic carbocycles. The van der Waals surface area contributed by atoms with Gasteiger partial charge in [-0.2, -0.15) is 10.2 Å². The third-order valence-electron chi connectivity index (χ3n) is 3.50. The lowest BCUT2D eigenvalue weighted by Gasteiger charge is -2.13. The van der Waals surface area contributed by atoms with Crippen LogP contribution in [0, 0.1) is 0 Å². The molecule has 114 valence electrons. The predicted octanol–water partition coefficient (Wildman–Crippen LogP) is 2.06. The Kier molecular flexibility index (Phi) is 3.86. The fourth-order valence-corrected chi connectivity index (χ4v) is 2.46. The predicted molar refractivity (Wildman–Crippen MR) is 82.3 cm³/mol. The van der Waals surface area contributed by atoms with Gasteiger partial charge in [-0.1, -0.05) is 25.1 Å². The van der Waals surface area contributed by atoms with Gasteiger partial charge in [-0.05, 0) is 19.4 Å². The molecular weight excluding hydrogens is 280 g/mol. The molecule has 7 nitrogen and oxygen atoms in total. The van der Waals surface area contributed by atoms with Crippen molar-refractivity contribution in [3.8, 4) is 0 Å². The summed E-state index contributed by atoms with van der Waals surface area (Å²) in [6, 6.07) is 7.31. The maximum atomic E-state index is 12.4. The number of aryl methyl sites for hydroxylation is 1. The van der Waals surface area contributed by atoms with Crippen LogP contribution in [0.5, 0.6) is 0 Å². The summed E-state index contributed by atoms with van der Waals surface area (Å²) < 4.78 is 1.81. The van der Waals surface area contributed by atoms with Crippen molar-refractivity contribution in [1.29, 1.82) is 0 Å². The Morgan fingerprint density at radius 2 is 2.23 bits per heavy atom. The molecule has 0 bridgehead atoms. The van der Waals surface area contributed by atoms with E-state index >= 15 is 0 Å². The molecular formula is C15H18N6O. The number of hydrogen-bond donors (Lipinski definition) is 2. The van der Waals surface area contributed by atoms with Crippen molar-refractivity contribution in [3.63, 3.8) is 0 Å². The molecule has 3 rings (SSSR count). The van der Waals surface area contributed by atoms with Crippen molar-refractivity contribution < 1.29 is 4.79 Å². The van der Waals surface area contributed by atoms with Crippen molar-refractivity contribution in [2.75, 3.05) is 0 Å². The first-order valence-electron chi connectivity index (χ1n) is 7.32. The second kappa shape index (κ2) is 5.97. The number of fused-ring (bicyclic) bond motifs is 1. The number of nitrogens with one attached hydrogen (secondary N) is 2. The van der Waals surface area contributed by atoms with Gasteiger partial charge >= 0.3 is 0 Å². The van der Waals surface area contributed by atoms with Gasteiger partial charge in [0.1, 0.15) is 12.2 Å². The number of amides is 1. The molecule has 1 atom stereocenters. The molecule has 0 aliphatic carbocycles. The molecule has 2 heterocycles. The zero-order valence-corrected chi connectivity index (χ0v) is 12.6. The Morgan fingerprint density at radius 1 is 1.41 bits per heavy atom. The highest BCUT2D eigenvalue weighted by Crippen LogP contribution is 2.16. The first-order valence-corrected chi connectivity index (χ1v) is 7.32. The summed E-state index contributed by atoms with van der Waals surface area (Å²) in [6.45, 7) is 4.74. The van der Waals surface area contributed by atoms with Crippen LogP contribution in [0.15, 0.2) is 30.6 Å². The summed E-state index contributed by atoms with van der Waals surface area (Å²) in [5, 5.41) is 14.9. The third kappa shape index (κ3) is 2.57. The van der Waals surface area contributed by atoms with Crippen molar-refractivity contribution in [2.45, 2.75) is 32.9 Å². The number of carbonyl (C=O) groups excluding carboxylic acids is 1. The molecule has 0 saturated heterocycles. The minimum absolute atomic E-state index is 0.226. The van der Waals surface area contributed by atoms with Gasteiger partial charge in [-0.3, -0.25) is 9.89 Å². The van der Waals surface area contributed by atoms with Gasteiger partial charge in [0.25, 0.3) is 5.91 Å². The van der Waals surface area contributed by atoms with E-state index in [0.29, 0.717) is 5.69 Å². The Balaban J connectivity index is 1.80. The number of para-hydroxylation sites is 1. The summed E-state index contributed by atoms with van der Waals surface area (Å²) >= 11 is 0. The van der Waals surface area contributed by atoms with E-state index in [1.807, 2.05) is 35.9 Å². The van der Waals surface area contributed by atoms with Crippen LogP contribution < -0.4 is 5.32 Å². The van der Waals surface area contributed by atoms with Crippen molar-refractivity contribution in [3.05, 3.63) is 42.1 Å². The van der Waals surface area contributed by atoms with E-state index in [1.54, 1.807) is 0 Å². The minimum atomic E-state index is -0.239. The second-order valence-corrected chi connectivity index (χ2v) is 5.15. The molecule has 1 amide bonds. The number of benzene rings is 1. The van der Waals surface area contributed by atoms with E-state index in [2.05, 4.69) is 32.5 Å². The van der Waals surface area contributed by atoms with Crippen LogP contribution in [0.25, 0.3) is 10.9 Å². The number of nitrogens with zero attached hydrogens (tertiary/aromatic N) is 4. The van der Waals surface area contributed by atoms with Gasteiger partial charge in [-0.15, -0.1) is 0 Å². The molecule has 2 N–H and O–H groups in total. The third-order valence-corrected chi connectivity index (χ3v) is 3.50. The maximum Gasteiger partial charge on any atom is 0.273 e. The first-order chi connectivity index (χ1) is 10.7. The van der Waals surface area contributed by atoms with Crippen LogP contribution in [0.4, 0.5) is 0 Å². The average Bonchev–Trinajstić information content (AvgIpc) is 3.13. The maximum absolute atomic E-state index is 12.4. The van der Waals surface area contributed by atoms with Crippen molar-refractivity contribution in [2.24, 2.45) is 0 Å². The lowest BCUT2D eigenvalue weighted by molar-refractivity contribution is 0.0934. The van der Waals surface area contributed by atoms with Crippen LogP contribution in [-0.4, -0.2) is 30.9 Å². The number of H-pyrrole nitrogens is 1. The monoisotopic (exact) mass is 298 g/mol. The number of carbonyl (C=O) groups is 1. The lowest BCUT2D eigenvalue weighted by Crippen LogP contribution is -2.29. The Morgan fingerprint density at radius 3 is 3.05 bits per heavy atom. The largest absolute Gasteiger partial charge is 0.341 e. The normalized spacial score (nSPS) is 12.5. The van der Waals surface area contributed by atoms with E-state index in [9.17, 15) is 4.79 Å². The number of rotatable bonds is 5. The molecule has 0 unspecified atom stereocenters. The summed E-state index contributed by atoms with van der Waals surface area (Å²) in [7, 11) is 0. The molecule has 22 heavy (non-hydrogen) atoms. The SMILES string of the molecule is CCCn1ncnc1[C@@H](C)NC(=O)c1n[nH]c2ccccc12. The first kappa shape index (κ1) is 14.2. The Bertz CT molecular complexity index is 790. The zero-order chi connectivity index (χ0) is 15.5.